The summed E-state index contributed by atoms with van der Waals surface area (Å²) in [6.45, 7) is 0. The average molecular weight is 250 g/mol. The van der Waals surface area contributed by atoms with Gasteiger partial charge >= 0.3 is 0 Å². The highest BCUT2D eigenvalue weighted by Crippen LogP contribution is 2.26. The minimum Gasteiger partial charge on any atom is -0.396 e. The summed E-state index contributed by atoms with van der Waals surface area (Å²) in [4.78, 5) is 4.18. The molecule has 1 aliphatic carbocycles. The van der Waals surface area contributed by atoms with E-state index in [0.717, 1.165) is 12.1 Å². The van der Waals surface area contributed by atoms with Crippen LogP contribution in [0.4, 0.5) is 17.2 Å². The number of pyridine rings is 1. The monoisotopic (exact) mass is 250 g/mol. The van der Waals surface area contributed by atoms with E-state index in [2.05, 4.69) is 22.4 Å². The quantitative estimate of drug-likeness (QED) is 0.859. The van der Waals surface area contributed by atoms with Gasteiger partial charge in [-0.15, -0.1) is 0 Å². The minimum absolute atomic E-state index is 0.256. The number of anilines is 3. The second kappa shape index (κ2) is 4.62. The molecule has 0 aliphatic heterocycles. The van der Waals surface area contributed by atoms with Crippen molar-refractivity contribution < 1.29 is 0 Å². The van der Waals surface area contributed by atoms with Gasteiger partial charge in [-0.05, 0) is 54.7 Å². The highest BCUT2D eigenvalue weighted by molar-refractivity contribution is 5.62. The van der Waals surface area contributed by atoms with Crippen LogP contribution in [0, 0.1) is 11.3 Å². The van der Waals surface area contributed by atoms with Gasteiger partial charge in [-0.2, -0.15) is 5.26 Å². The second-order valence-corrected chi connectivity index (χ2v) is 4.71. The van der Waals surface area contributed by atoms with Gasteiger partial charge in [0.15, 0.2) is 5.69 Å². The van der Waals surface area contributed by atoms with Crippen LogP contribution < -0.4 is 11.1 Å². The maximum Gasteiger partial charge on any atom is 0.165 e. The molecule has 1 heterocycles. The number of hydrogen-bond donors (Lipinski definition) is 2. The van der Waals surface area contributed by atoms with Gasteiger partial charge in [0.25, 0.3) is 0 Å². The SMILES string of the molecule is N#Cc1nc(Nc2ccc3c(c2)CCC3)ccc1N. The Morgan fingerprint density at radius 2 is 2.00 bits per heavy atom. The molecule has 4 heteroatoms. The smallest absolute Gasteiger partial charge is 0.165 e. The Morgan fingerprint density at radius 3 is 2.84 bits per heavy atom. The lowest BCUT2D eigenvalue weighted by atomic mass is 10.1. The van der Waals surface area contributed by atoms with Gasteiger partial charge in [0.05, 0.1) is 5.69 Å². The first-order chi connectivity index (χ1) is 9.26. The van der Waals surface area contributed by atoms with Crippen LogP contribution in [0.25, 0.3) is 0 Å². The molecular weight excluding hydrogens is 236 g/mol. The highest BCUT2D eigenvalue weighted by atomic mass is 15.0. The number of hydrogen-bond acceptors (Lipinski definition) is 4. The van der Waals surface area contributed by atoms with Crippen LogP contribution >= 0.6 is 0 Å². The maximum atomic E-state index is 8.92. The van der Waals surface area contributed by atoms with Gasteiger partial charge in [-0.25, -0.2) is 4.98 Å². The lowest BCUT2D eigenvalue weighted by Crippen LogP contribution is -1.99. The Labute approximate surface area is 111 Å². The zero-order valence-electron chi connectivity index (χ0n) is 10.5. The fraction of sp³-hybridized carbons (Fsp3) is 0.200. The largest absolute Gasteiger partial charge is 0.396 e. The molecule has 0 bridgehead atoms. The number of aryl methyl sites for hydroxylation is 2. The number of rotatable bonds is 2. The third-order valence-corrected chi connectivity index (χ3v) is 3.40. The predicted molar refractivity (Wildman–Crippen MR) is 75.1 cm³/mol. The van der Waals surface area contributed by atoms with Crippen LogP contribution in [0.15, 0.2) is 30.3 Å². The van der Waals surface area contributed by atoms with Crippen molar-refractivity contribution in [3.8, 4) is 6.07 Å². The first-order valence-corrected chi connectivity index (χ1v) is 6.32. The number of nitrogens with zero attached hydrogens (tertiary/aromatic N) is 2. The van der Waals surface area contributed by atoms with Crippen molar-refractivity contribution in [3.05, 3.63) is 47.2 Å². The summed E-state index contributed by atoms with van der Waals surface area (Å²) in [6.07, 6.45) is 3.55. The number of nitrogens with two attached hydrogens (primary N) is 1. The molecule has 4 nitrogen and oxygen atoms in total. The Hall–Kier alpha value is -2.54. The minimum atomic E-state index is 0.256. The van der Waals surface area contributed by atoms with Crippen molar-refractivity contribution in [2.24, 2.45) is 0 Å². The molecule has 0 fully saturated rings. The molecule has 3 N–H and O–H groups in total. The summed E-state index contributed by atoms with van der Waals surface area (Å²) in [5, 5.41) is 12.1. The number of nitrogens with one attached hydrogen (secondary N) is 1. The molecule has 0 spiro atoms. The number of nitriles is 1. The fourth-order valence-corrected chi connectivity index (χ4v) is 2.43. The van der Waals surface area contributed by atoms with E-state index in [0.29, 0.717) is 11.5 Å². The van der Waals surface area contributed by atoms with Gasteiger partial charge in [0, 0.05) is 5.69 Å². The molecule has 1 aromatic carbocycles. The topological polar surface area (TPSA) is 74.7 Å². The van der Waals surface area contributed by atoms with E-state index in [4.69, 9.17) is 11.0 Å². The van der Waals surface area contributed by atoms with Crippen molar-refractivity contribution in [2.45, 2.75) is 19.3 Å². The van der Waals surface area contributed by atoms with Gasteiger partial charge in [-0.1, -0.05) is 6.07 Å². The van der Waals surface area contributed by atoms with Gasteiger partial charge < -0.3 is 11.1 Å². The number of fused-ring (bicyclic) bond motifs is 1. The summed E-state index contributed by atoms with van der Waals surface area (Å²) in [7, 11) is 0. The molecule has 3 rings (SSSR count). The van der Waals surface area contributed by atoms with Crippen LogP contribution in [0.3, 0.4) is 0 Å². The Morgan fingerprint density at radius 1 is 1.16 bits per heavy atom. The van der Waals surface area contributed by atoms with E-state index in [1.54, 1.807) is 12.1 Å². The first-order valence-electron chi connectivity index (χ1n) is 6.32. The molecule has 2 aromatic rings. The van der Waals surface area contributed by atoms with E-state index in [-0.39, 0.29) is 5.69 Å². The molecule has 94 valence electrons. The summed E-state index contributed by atoms with van der Waals surface area (Å²) in [6, 6.07) is 11.8. The lowest BCUT2D eigenvalue weighted by Gasteiger charge is -2.08. The second-order valence-electron chi connectivity index (χ2n) is 4.71. The van der Waals surface area contributed by atoms with Gasteiger partial charge in [0.1, 0.15) is 11.9 Å². The van der Waals surface area contributed by atoms with E-state index in [9.17, 15) is 0 Å². The molecule has 1 aliphatic rings. The summed E-state index contributed by atoms with van der Waals surface area (Å²) >= 11 is 0. The van der Waals surface area contributed by atoms with Gasteiger partial charge in [0.2, 0.25) is 0 Å². The third-order valence-electron chi connectivity index (χ3n) is 3.40. The number of aromatic nitrogens is 1. The molecular formula is C15H14N4. The van der Waals surface area contributed by atoms with Crippen molar-refractivity contribution in [2.75, 3.05) is 11.1 Å². The molecule has 0 amide bonds. The van der Waals surface area contributed by atoms with Crippen molar-refractivity contribution in [1.29, 1.82) is 5.26 Å². The third kappa shape index (κ3) is 2.23. The molecule has 0 saturated carbocycles. The zero-order chi connectivity index (χ0) is 13.2. The molecule has 1 aromatic heterocycles. The van der Waals surface area contributed by atoms with E-state index >= 15 is 0 Å². The Kier molecular flexibility index (Phi) is 2.81. The normalized spacial score (nSPS) is 12.8. The molecule has 0 saturated heterocycles. The van der Waals surface area contributed by atoms with Crippen molar-refractivity contribution in [3.63, 3.8) is 0 Å². The first kappa shape index (κ1) is 11.5. The van der Waals surface area contributed by atoms with Crippen LogP contribution in [0.5, 0.6) is 0 Å². The summed E-state index contributed by atoms with van der Waals surface area (Å²) in [5.41, 5.74) is 10.2. The van der Waals surface area contributed by atoms with E-state index in [1.807, 2.05) is 12.1 Å². The Bertz CT molecular complexity index is 670. The molecule has 0 atom stereocenters. The average Bonchev–Trinajstić information content (AvgIpc) is 2.88. The number of benzene rings is 1. The summed E-state index contributed by atoms with van der Waals surface area (Å²) < 4.78 is 0. The van der Waals surface area contributed by atoms with Crippen LogP contribution in [-0.2, 0) is 12.8 Å². The van der Waals surface area contributed by atoms with Crippen LogP contribution in [-0.4, -0.2) is 4.98 Å². The Balaban J connectivity index is 1.87. The fourth-order valence-electron chi connectivity index (χ4n) is 2.43. The van der Waals surface area contributed by atoms with E-state index in [1.165, 1.54) is 24.0 Å². The molecule has 0 unspecified atom stereocenters. The van der Waals surface area contributed by atoms with E-state index < -0.39 is 0 Å². The van der Waals surface area contributed by atoms with Gasteiger partial charge in [-0.3, -0.25) is 0 Å². The standard InChI is InChI=1S/C15H14N4/c16-9-14-13(17)6-7-15(19-14)18-12-5-4-10-2-1-3-11(10)8-12/h4-8H,1-3,17H2,(H,18,19). The molecule has 19 heavy (non-hydrogen) atoms. The van der Waals surface area contributed by atoms with Crippen LogP contribution in [0.2, 0.25) is 0 Å². The maximum absolute atomic E-state index is 8.92. The molecule has 0 radical (unpaired) electrons. The summed E-state index contributed by atoms with van der Waals surface area (Å²) in [5.74, 6) is 0.642. The van der Waals surface area contributed by atoms with Crippen molar-refractivity contribution >= 4 is 17.2 Å². The predicted octanol–water partition coefficient (Wildman–Crippen LogP) is 2.77. The van der Waals surface area contributed by atoms with Crippen molar-refractivity contribution in [1.82, 2.24) is 4.98 Å². The highest BCUT2D eigenvalue weighted by Gasteiger charge is 2.11. The lowest BCUT2D eigenvalue weighted by molar-refractivity contribution is 0.912. The zero-order valence-corrected chi connectivity index (χ0v) is 10.5. The number of nitrogen functional groups attached to an aromatic ring is 1. The van der Waals surface area contributed by atoms with Crippen LogP contribution in [0.1, 0.15) is 23.2 Å².